The summed E-state index contributed by atoms with van der Waals surface area (Å²) in [7, 11) is 4.38. The molecule has 0 heterocycles. The molecule has 26 heavy (non-hydrogen) atoms. The number of carbonyl (C=O) groups excluding carboxylic acids is 2. The van der Waals surface area contributed by atoms with E-state index in [-0.39, 0.29) is 19.0 Å². The van der Waals surface area contributed by atoms with E-state index >= 15 is 0 Å². The summed E-state index contributed by atoms with van der Waals surface area (Å²) in [4.78, 5) is 25.8. The van der Waals surface area contributed by atoms with Gasteiger partial charge in [0.2, 0.25) is 0 Å². The van der Waals surface area contributed by atoms with Crippen molar-refractivity contribution in [2.75, 3.05) is 34.5 Å². The molecular formula is C19H27NO6. The van der Waals surface area contributed by atoms with Gasteiger partial charge < -0.3 is 23.8 Å². The summed E-state index contributed by atoms with van der Waals surface area (Å²) in [6.45, 7) is 5.67. The summed E-state index contributed by atoms with van der Waals surface area (Å²) in [6, 6.07) is 5.30. The molecule has 0 aromatic heterocycles. The van der Waals surface area contributed by atoms with Crippen molar-refractivity contribution in [2.45, 2.75) is 26.0 Å². The van der Waals surface area contributed by atoms with Crippen LogP contribution in [0.25, 0.3) is 0 Å². The second kappa shape index (κ2) is 11.1. The van der Waals surface area contributed by atoms with Gasteiger partial charge in [-0.05, 0) is 31.0 Å². The van der Waals surface area contributed by atoms with Crippen LogP contribution in [0.5, 0.6) is 11.5 Å². The van der Waals surface area contributed by atoms with Gasteiger partial charge in [-0.3, -0.25) is 9.59 Å². The van der Waals surface area contributed by atoms with Crippen molar-refractivity contribution < 1.29 is 28.5 Å². The van der Waals surface area contributed by atoms with Crippen LogP contribution in [-0.2, 0) is 25.6 Å². The Kier molecular flexibility index (Phi) is 9.22. The molecule has 1 amide bonds. The van der Waals surface area contributed by atoms with E-state index in [1.165, 1.54) is 12.0 Å². The van der Waals surface area contributed by atoms with Crippen LogP contribution in [0.4, 0.5) is 0 Å². The van der Waals surface area contributed by atoms with Gasteiger partial charge in [0.15, 0.2) is 0 Å². The molecule has 0 aliphatic heterocycles. The monoisotopic (exact) mass is 365 g/mol. The second-order valence-electron chi connectivity index (χ2n) is 5.58. The van der Waals surface area contributed by atoms with Crippen LogP contribution in [0.2, 0.25) is 0 Å². The quantitative estimate of drug-likeness (QED) is 0.340. The van der Waals surface area contributed by atoms with E-state index in [2.05, 4.69) is 6.58 Å². The SMILES string of the molecule is C=CCCOC(C)C(=O)N(CC(=O)OC)Cc1cc(OC)cc(OC)c1. The smallest absolute Gasteiger partial charge is 0.325 e. The Morgan fingerprint density at radius 1 is 1.15 bits per heavy atom. The standard InChI is InChI=1S/C19H27NO6/c1-6-7-8-26-14(2)19(22)20(13-18(21)25-5)12-15-9-16(23-3)11-17(10-15)24-4/h6,9-11,14H,1,7-8,12-13H2,2-5H3. The zero-order chi connectivity index (χ0) is 19.5. The van der Waals surface area contributed by atoms with Crippen molar-refractivity contribution in [3.05, 3.63) is 36.4 Å². The average Bonchev–Trinajstić information content (AvgIpc) is 2.66. The lowest BCUT2D eigenvalue weighted by molar-refractivity contribution is -0.152. The van der Waals surface area contributed by atoms with Gasteiger partial charge in [-0.1, -0.05) is 6.08 Å². The van der Waals surface area contributed by atoms with Gasteiger partial charge in [-0.25, -0.2) is 0 Å². The highest BCUT2D eigenvalue weighted by molar-refractivity contribution is 5.84. The maximum Gasteiger partial charge on any atom is 0.325 e. The number of carbonyl (C=O) groups is 2. The fraction of sp³-hybridized carbons (Fsp3) is 0.474. The van der Waals surface area contributed by atoms with Crippen molar-refractivity contribution >= 4 is 11.9 Å². The number of ether oxygens (including phenoxy) is 4. The lowest BCUT2D eigenvalue weighted by Crippen LogP contribution is -2.42. The normalized spacial score (nSPS) is 11.4. The second-order valence-corrected chi connectivity index (χ2v) is 5.58. The Bertz CT molecular complexity index is 594. The molecule has 1 aromatic carbocycles. The number of nitrogens with zero attached hydrogens (tertiary/aromatic N) is 1. The molecule has 1 aromatic rings. The van der Waals surface area contributed by atoms with Crippen LogP contribution < -0.4 is 9.47 Å². The van der Waals surface area contributed by atoms with E-state index < -0.39 is 12.1 Å². The average molecular weight is 365 g/mol. The first kappa shape index (κ1) is 21.5. The Morgan fingerprint density at radius 2 is 1.77 bits per heavy atom. The van der Waals surface area contributed by atoms with Gasteiger partial charge >= 0.3 is 5.97 Å². The Labute approximate surface area is 154 Å². The third-order valence-electron chi connectivity index (χ3n) is 3.68. The molecule has 0 radical (unpaired) electrons. The first-order valence-corrected chi connectivity index (χ1v) is 8.25. The lowest BCUT2D eigenvalue weighted by Gasteiger charge is -2.25. The number of benzene rings is 1. The van der Waals surface area contributed by atoms with E-state index in [0.29, 0.717) is 24.5 Å². The molecule has 0 bridgehead atoms. The summed E-state index contributed by atoms with van der Waals surface area (Å²) in [5, 5.41) is 0. The molecule has 0 saturated carbocycles. The van der Waals surface area contributed by atoms with E-state index in [1.54, 1.807) is 45.4 Å². The van der Waals surface area contributed by atoms with Crippen molar-refractivity contribution in [3.8, 4) is 11.5 Å². The molecule has 0 aliphatic rings. The minimum absolute atomic E-state index is 0.177. The summed E-state index contributed by atoms with van der Waals surface area (Å²) in [6.07, 6.45) is 1.67. The van der Waals surface area contributed by atoms with Gasteiger partial charge in [0.25, 0.3) is 5.91 Å². The number of hydrogen-bond acceptors (Lipinski definition) is 6. The molecule has 0 fully saturated rings. The van der Waals surface area contributed by atoms with Crippen LogP contribution in [0.15, 0.2) is 30.9 Å². The predicted molar refractivity (Wildman–Crippen MR) is 97.2 cm³/mol. The Balaban J connectivity index is 2.97. The number of methoxy groups -OCH3 is 3. The largest absolute Gasteiger partial charge is 0.497 e. The van der Waals surface area contributed by atoms with Gasteiger partial charge in [0.1, 0.15) is 24.1 Å². The summed E-state index contributed by atoms with van der Waals surface area (Å²) in [5.74, 6) is 0.382. The molecule has 0 aliphatic carbocycles. The van der Waals surface area contributed by atoms with E-state index in [1.807, 2.05) is 0 Å². The number of esters is 1. The summed E-state index contributed by atoms with van der Waals surface area (Å²) >= 11 is 0. The number of rotatable bonds is 11. The fourth-order valence-corrected chi connectivity index (χ4v) is 2.27. The zero-order valence-corrected chi connectivity index (χ0v) is 15.8. The minimum Gasteiger partial charge on any atom is -0.497 e. The van der Waals surface area contributed by atoms with E-state index in [4.69, 9.17) is 18.9 Å². The zero-order valence-electron chi connectivity index (χ0n) is 15.8. The molecule has 0 spiro atoms. The highest BCUT2D eigenvalue weighted by Crippen LogP contribution is 2.23. The minimum atomic E-state index is -0.688. The van der Waals surface area contributed by atoms with Crippen LogP contribution in [-0.4, -0.2) is 57.4 Å². The molecule has 7 nitrogen and oxygen atoms in total. The molecule has 1 unspecified atom stereocenters. The van der Waals surface area contributed by atoms with Gasteiger partial charge in [-0.2, -0.15) is 0 Å². The summed E-state index contributed by atoms with van der Waals surface area (Å²) in [5.41, 5.74) is 0.761. The van der Waals surface area contributed by atoms with Gasteiger partial charge in [0, 0.05) is 12.6 Å². The first-order chi connectivity index (χ1) is 12.4. The molecule has 144 valence electrons. The Morgan fingerprint density at radius 3 is 2.27 bits per heavy atom. The fourth-order valence-electron chi connectivity index (χ4n) is 2.27. The van der Waals surface area contributed by atoms with Crippen LogP contribution in [0.1, 0.15) is 18.9 Å². The van der Waals surface area contributed by atoms with Crippen LogP contribution >= 0.6 is 0 Å². The molecular weight excluding hydrogens is 338 g/mol. The van der Waals surface area contributed by atoms with Crippen molar-refractivity contribution in [2.24, 2.45) is 0 Å². The number of amides is 1. The number of hydrogen-bond donors (Lipinski definition) is 0. The predicted octanol–water partition coefficient (Wildman–Crippen LogP) is 2.19. The Hall–Kier alpha value is -2.54. The molecule has 1 rings (SSSR count). The molecule has 7 heteroatoms. The molecule has 0 N–H and O–H groups in total. The van der Waals surface area contributed by atoms with Crippen molar-refractivity contribution in [3.63, 3.8) is 0 Å². The van der Waals surface area contributed by atoms with Gasteiger partial charge in [-0.15, -0.1) is 6.58 Å². The maximum atomic E-state index is 12.7. The molecule has 0 saturated heterocycles. The van der Waals surface area contributed by atoms with Crippen molar-refractivity contribution in [1.29, 1.82) is 0 Å². The topological polar surface area (TPSA) is 74.3 Å². The van der Waals surface area contributed by atoms with E-state index in [0.717, 1.165) is 5.56 Å². The van der Waals surface area contributed by atoms with E-state index in [9.17, 15) is 9.59 Å². The third-order valence-corrected chi connectivity index (χ3v) is 3.68. The highest BCUT2D eigenvalue weighted by Gasteiger charge is 2.24. The summed E-state index contributed by atoms with van der Waals surface area (Å²) < 4.78 is 20.7. The van der Waals surface area contributed by atoms with Crippen LogP contribution in [0, 0.1) is 0 Å². The molecule has 1 atom stereocenters. The maximum absolute atomic E-state index is 12.7. The third kappa shape index (κ3) is 6.76. The highest BCUT2D eigenvalue weighted by atomic mass is 16.5. The van der Waals surface area contributed by atoms with Crippen LogP contribution in [0.3, 0.4) is 0 Å². The lowest BCUT2D eigenvalue weighted by atomic mass is 10.1. The van der Waals surface area contributed by atoms with Crippen molar-refractivity contribution in [1.82, 2.24) is 4.90 Å². The van der Waals surface area contributed by atoms with Gasteiger partial charge in [0.05, 0.1) is 27.9 Å². The first-order valence-electron chi connectivity index (χ1n) is 8.25.